The summed E-state index contributed by atoms with van der Waals surface area (Å²) in [5.41, 5.74) is -0.831. The summed E-state index contributed by atoms with van der Waals surface area (Å²) >= 11 is 3.91. The molecule has 1 aliphatic heterocycles. The summed E-state index contributed by atoms with van der Waals surface area (Å²) in [4.78, 5) is 34.9. The Hall–Kier alpha value is -0.940. The van der Waals surface area contributed by atoms with Crippen LogP contribution in [0.3, 0.4) is 0 Å². The van der Waals surface area contributed by atoms with Gasteiger partial charge in [0.15, 0.2) is 0 Å². The quantitative estimate of drug-likeness (QED) is 0.303. The first-order valence-corrected chi connectivity index (χ1v) is 9.43. The van der Waals surface area contributed by atoms with Crippen molar-refractivity contribution in [3.63, 3.8) is 0 Å². The predicted octanol–water partition coefficient (Wildman–Crippen LogP) is -0.870. The molecule has 1 aliphatic rings. The normalized spacial score (nSPS) is 26.4. The van der Waals surface area contributed by atoms with Crippen molar-refractivity contribution in [2.24, 2.45) is 0 Å². The molecule has 0 aliphatic carbocycles. The zero-order chi connectivity index (χ0) is 17.9. The van der Waals surface area contributed by atoms with Crippen LogP contribution in [0.5, 0.6) is 0 Å². The number of rotatable bonds is 7. The number of ether oxygens (including phenoxy) is 1. The fourth-order valence-electron chi connectivity index (χ4n) is 2.25. The van der Waals surface area contributed by atoms with E-state index in [0.29, 0.717) is 11.3 Å². The number of aliphatic hydroxyl groups excluding tert-OH is 1. The Morgan fingerprint density at radius 3 is 2.96 bits per heavy atom. The van der Waals surface area contributed by atoms with Crippen LogP contribution in [0.1, 0.15) is 18.2 Å². The molecule has 24 heavy (non-hydrogen) atoms. The third-order valence-electron chi connectivity index (χ3n) is 3.50. The third-order valence-corrected chi connectivity index (χ3v) is 4.84. The van der Waals surface area contributed by atoms with Gasteiger partial charge >= 0.3 is 13.4 Å². The summed E-state index contributed by atoms with van der Waals surface area (Å²) < 4.78 is 23.2. The molecule has 1 unspecified atom stereocenters. The Kier molecular flexibility index (Phi) is 6.43. The van der Waals surface area contributed by atoms with E-state index in [1.807, 2.05) is 0 Å². The number of aromatic nitrogens is 2. The number of H-pyrrole nitrogens is 1. The molecule has 2 heterocycles. The van der Waals surface area contributed by atoms with E-state index in [4.69, 9.17) is 9.26 Å². The number of thiol groups is 1. The SMILES string of the molecule is Cc1cn([C@@H]2C[C@H](O)[C@@H](COP(=O)(O)NCCS)O2)c(=O)[nH]c1=O. The van der Waals surface area contributed by atoms with Gasteiger partial charge in [0.25, 0.3) is 5.56 Å². The van der Waals surface area contributed by atoms with Gasteiger partial charge in [-0.2, -0.15) is 12.6 Å². The molecule has 136 valence electrons. The first-order valence-electron chi connectivity index (χ1n) is 7.22. The van der Waals surface area contributed by atoms with Crippen molar-refractivity contribution < 1.29 is 23.8 Å². The molecule has 2 rings (SSSR count). The van der Waals surface area contributed by atoms with Gasteiger partial charge in [0.2, 0.25) is 0 Å². The average Bonchev–Trinajstić information content (AvgIpc) is 2.88. The van der Waals surface area contributed by atoms with Gasteiger partial charge in [-0.3, -0.25) is 18.9 Å². The first-order chi connectivity index (χ1) is 11.2. The van der Waals surface area contributed by atoms with Gasteiger partial charge in [-0.1, -0.05) is 0 Å². The van der Waals surface area contributed by atoms with Crippen LogP contribution in [0.2, 0.25) is 0 Å². The van der Waals surface area contributed by atoms with E-state index >= 15 is 0 Å². The second-order valence-electron chi connectivity index (χ2n) is 5.36. The van der Waals surface area contributed by atoms with Crippen LogP contribution < -0.4 is 16.3 Å². The van der Waals surface area contributed by atoms with Crippen LogP contribution in [0.25, 0.3) is 0 Å². The Labute approximate surface area is 142 Å². The van der Waals surface area contributed by atoms with Gasteiger partial charge in [0, 0.05) is 30.5 Å². The van der Waals surface area contributed by atoms with Gasteiger partial charge in [-0.05, 0) is 6.92 Å². The fourth-order valence-corrected chi connectivity index (χ4v) is 3.37. The molecule has 0 amide bonds. The van der Waals surface area contributed by atoms with E-state index in [0.717, 1.165) is 4.57 Å². The summed E-state index contributed by atoms with van der Waals surface area (Å²) in [7, 11) is -4.01. The molecular formula is C12H20N3O7PS. The maximum absolute atomic E-state index is 11.8. The second-order valence-corrected chi connectivity index (χ2v) is 7.42. The lowest BCUT2D eigenvalue weighted by molar-refractivity contribution is -0.0428. The topological polar surface area (TPSA) is 143 Å². The lowest BCUT2D eigenvalue weighted by Gasteiger charge is -2.18. The van der Waals surface area contributed by atoms with Crippen molar-refractivity contribution >= 4 is 20.4 Å². The summed E-state index contributed by atoms with van der Waals surface area (Å²) in [6.45, 7) is 1.39. The molecule has 12 heteroatoms. The molecule has 1 fully saturated rings. The highest BCUT2D eigenvalue weighted by atomic mass is 32.1. The number of nitrogens with zero attached hydrogens (tertiary/aromatic N) is 1. The third kappa shape index (κ3) is 4.79. The van der Waals surface area contributed by atoms with Crippen molar-refractivity contribution in [2.75, 3.05) is 18.9 Å². The molecular weight excluding hydrogens is 361 g/mol. The number of hydrogen-bond donors (Lipinski definition) is 5. The maximum atomic E-state index is 11.8. The van der Waals surface area contributed by atoms with Gasteiger partial charge in [0.05, 0.1) is 12.7 Å². The van der Waals surface area contributed by atoms with Crippen LogP contribution in [0, 0.1) is 6.92 Å². The van der Waals surface area contributed by atoms with Crippen LogP contribution in [-0.2, 0) is 13.8 Å². The van der Waals surface area contributed by atoms with Gasteiger partial charge < -0.3 is 14.7 Å². The smallest absolute Gasteiger partial charge is 0.390 e. The molecule has 0 aromatic carbocycles. The summed E-state index contributed by atoms with van der Waals surface area (Å²) in [5, 5.41) is 12.3. The van der Waals surface area contributed by atoms with E-state index in [2.05, 4.69) is 22.7 Å². The van der Waals surface area contributed by atoms with Crippen LogP contribution in [0.4, 0.5) is 0 Å². The van der Waals surface area contributed by atoms with Crippen molar-refractivity contribution in [2.45, 2.75) is 31.8 Å². The van der Waals surface area contributed by atoms with Crippen LogP contribution >= 0.6 is 20.4 Å². The number of aryl methyl sites for hydroxylation is 1. The highest BCUT2D eigenvalue weighted by Gasteiger charge is 2.37. The standard InChI is InChI=1S/C12H20N3O7PS/c1-7-5-15(12(18)14-11(7)17)10-4-8(16)9(22-10)6-21-23(19,20)13-2-3-24/h5,8-10,16,24H,2-4,6H2,1H3,(H2,13,19,20)(H,14,17,18)/t8-,9+,10-/m0/s1. The van der Waals surface area contributed by atoms with Gasteiger partial charge in [-0.25, -0.2) is 14.4 Å². The van der Waals surface area contributed by atoms with Crippen molar-refractivity contribution in [3.8, 4) is 0 Å². The molecule has 0 radical (unpaired) electrons. The summed E-state index contributed by atoms with van der Waals surface area (Å²) in [5.74, 6) is 0.354. The molecule has 4 N–H and O–H groups in total. The molecule has 0 saturated carbocycles. The monoisotopic (exact) mass is 381 g/mol. The van der Waals surface area contributed by atoms with Crippen molar-refractivity contribution in [3.05, 3.63) is 32.6 Å². The number of aliphatic hydroxyl groups is 1. The highest BCUT2D eigenvalue weighted by Crippen LogP contribution is 2.38. The summed E-state index contributed by atoms with van der Waals surface area (Å²) in [6.07, 6.45) is -1.25. The lowest BCUT2D eigenvalue weighted by atomic mass is 10.2. The Bertz CT molecular complexity index is 736. The van der Waals surface area contributed by atoms with Crippen molar-refractivity contribution in [1.82, 2.24) is 14.6 Å². The van der Waals surface area contributed by atoms with Gasteiger partial charge in [0.1, 0.15) is 12.3 Å². The Morgan fingerprint density at radius 2 is 2.29 bits per heavy atom. The Morgan fingerprint density at radius 1 is 1.58 bits per heavy atom. The number of hydrogen-bond acceptors (Lipinski definition) is 7. The second kappa shape index (κ2) is 7.96. The van der Waals surface area contributed by atoms with E-state index in [9.17, 15) is 24.2 Å². The highest BCUT2D eigenvalue weighted by molar-refractivity contribution is 7.80. The molecule has 0 spiro atoms. The van der Waals surface area contributed by atoms with E-state index in [1.54, 1.807) is 0 Å². The maximum Gasteiger partial charge on any atom is 0.403 e. The molecule has 1 aromatic rings. The number of nitrogens with one attached hydrogen (secondary N) is 2. The molecule has 4 atom stereocenters. The first kappa shape index (κ1) is 19.4. The molecule has 1 aromatic heterocycles. The predicted molar refractivity (Wildman–Crippen MR) is 88.2 cm³/mol. The van der Waals surface area contributed by atoms with Crippen LogP contribution in [0.15, 0.2) is 15.8 Å². The van der Waals surface area contributed by atoms with Crippen molar-refractivity contribution in [1.29, 1.82) is 0 Å². The Balaban J connectivity index is 2.02. The largest absolute Gasteiger partial charge is 0.403 e. The molecule has 10 nitrogen and oxygen atoms in total. The van der Waals surface area contributed by atoms with Gasteiger partial charge in [-0.15, -0.1) is 0 Å². The summed E-state index contributed by atoms with van der Waals surface area (Å²) in [6, 6.07) is 0. The van der Waals surface area contributed by atoms with E-state index in [1.165, 1.54) is 13.1 Å². The molecule has 0 bridgehead atoms. The van der Waals surface area contributed by atoms with Crippen LogP contribution in [-0.4, -0.2) is 50.7 Å². The fraction of sp³-hybridized carbons (Fsp3) is 0.667. The number of aromatic amines is 1. The molecule has 1 saturated heterocycles. The zero-order valence-corrected chi connectivity index (χ0v) is 14.7. The van der Waals surface area contributed by atoms with E-state index < -0.39 is 37.4 Å². The minimum Gasteiger partial charge on any atom is -0.390 e. The van der Waals surface area contributed by atoms with E-state index in [-0.39, 0.29) is 19.6 Å². The lowest BCUT2D eigenvalue weighted by Crippen LogP contribution is -2.33. The average molecular weight is 381 g/mol. The minimum absolute atomic E-state index is 0.0826. The zero-order valence-electron chi connectivity index (χ0n) is 12.9. The minimum atomic E-state index is -4.01.